The average Bonchev–Trinajstić information content (AvgIpc) is 2.68. The summed E-state index contributed by atoms with van der Waals surface area (Å²) in [7, 11) is 0. The first-order valence-corrected chi connectivity index (χ1v) is 9.36. The molecule has 26 heavy (non-hydrogen) atoms. The Morgan fingerprint density at radius 1 is 1.00 bits per heavy atom. The molecule has 1 N–H and O–H groups in total. The van der Waals surface area contributed by atoms with Crippen molar-refractivity contribution in [1.29, 1.82) is 0 Å². The standard InChI is InChI=1S/C22H28N2O2/c1-17-3-4-19(15-18(17)2)7-10-22(25)23-16-20-5-8-21(9-6-20)24-11-13-26-14-12-24/h3-6,8-9,15H,7,10-14,16H2,1-2H3,(H,23,25). The summed E-state index contributed by atoms with van der Waals surface area (Å²) in [6.07, 6.45) is 1.30. The lowest BCUT2D eigenvalue weighted by atomic mass is 10.0. The van der Waals surface area contributed by atoms with Crippen molar-refractivity contribution in [1.82, 2.24) is 5.32 Å². The summed E-state index contributed by atoms with van der Waals surface area (Å²) in [5.74, 6) is 0.0977. The van der Waals surface area contributed by atoms with E-state index in [4.69, 9.17) is 4.74 Å². The van der Waals surface area contributed by atoms with Crippen LogP contribution in [0.2, 0.25) is 0 Å². The molecule has 0 unspecified atom stereocenters. The van der Waals surface area contributed by atoms with Gasteiger partial charge in [0.15, 0.2) is 0 Å². The minimum atomic E-state index is 0.0977. The SMILES string of the molecule is Cc1ccc(CCC(=O)NCc2ccc(N3CCOCC3)cc2)cc1C. The first-order valence-electron chi connectivity index (χ1n) is 9.36. The number of nitrogens with zero attached hydrogens (tertiary/aromatic N) is 1. The van der Waals surface area contributed by atoms with Gasteiger partial charge < -0.3 is 15.0 Å². The molecule has 4 heteroatoms. The quantitative estimate of drug-likeness (QED) is 0.866. The molecule has 1 saturated heterocycles. The second kappa shape index (κ2) is 8.86. The number of benzene rings is 2. The molecule has 0 atom stereocenters. The van der Waals surface area contributed by atoms with Crippen molar-refractivity contribution in [3.63, 3.8) is 0 Å². The van der Waals surface area contributed by atoms with Gasteiger partial charge in [0.2, 0.25) is 5.91 Å². The number of rotatable bonds is 6. The molecule has 0 aliphatic carbocycles. The van der Waals surface area contributed by atoms with Crippen LogP contribution in [0.4, 0.5) is 5.69 Å². The van der Waals surface area contributed by atoms with Crippen LogP contribution in [0.15, 0.2) is 42.5 Å². The lowest BCUT2D eigenvalue weighted by Gasteiger charge is -2.28. The second-order valence-corrected chi connectivity index (χ2v) is 6.96. The van der Waals surface area contributed by atoms with Crippen molar-refractivity contribution in [3.8, 4) is 0 Å². The van der Waals surface area contributed by atoms with Crippen LogP contribution in [0.5, 0.6) is 0 Å². The fourth-order valence-corrected chi connectivity index (χ4v) is 3.15. The highest BCUT2D eigenvalue weighted by molar-refractivity contribution is 5.76. The summed E-state index contributed by atoms with van der Waals surface area (Å²) < 4.78 is 5.39. The fourth-order valence-electron chi connectivity index (χ4n) is 3.15. The van der Waals surface area contributed by atoms with Crippen molar-refractivity contribution in [2.75, 3.05) is 31.2 Å². The topological polar surface area (TPSA) is 41.6 Å². The largest absolute Gasteiger partial charge is 0.378 e. The van der Waals surface area contributed by atoms with Crippen LogP contribution < -0.4 is 10.2 Å². The Hall–Kier alpha value is -2.33. The third kappa shape index (κ3) is 5.09. The van der Waals surface area contributed by atoms with E-state index in [1.807, 2.05) is 0 Å². The van der Waals surface area contributed by atoms with Gasteiger partial charge in [0.1, 0.15) is 0 Å². The Bertz CT molecular complexity index is 734. The van der Waals surface area contributed by atoms with Crippen LogP contribution in [0.25, 0.3) is 0 Å². The summed E-state index contributed by atoms with van der Waals surface area (Å²) in [5, 5.41) is 3.02. The molecule has 3 rings (SSSR count). The molecular weight excluding hydrogens is 324 g/mol. The van der Waals surface area contributed by atoms with Gasteiger partial charge in [0.05, 0.1) is 13.2 Å². The molecule has 2 aromatic carbocycles. The maximum Gasteiger partial charge on any atom is 0.220 e. The highest BCUT2D eigenvalue weighted by Gasteiger charge is 2.11. The normalized spacial score (nSPS) is 14.3. The minimum Gasteiger partial charge on any atom is -0.378 e. The lowest BCUT2D eigenvalue weighted by Crippen LogP contribution is -2.36. The van der Waals surface area contributed by atoms with Crippen molar-refractivity contribution in [3.05, 3.63) is 64.7 Å². The van der Waals surface area contributed by atoms with E-state index in [0.29, 0.717) is 13.0 Å². The summed E-state index contributed by atoms with van der Waals surface area (Å²) in [5.41, 5.74) is 6.14. The third-order valence-corrected chi connectivity index (χ3v) is 5.01. The van der Waals surface area contributed by atoms with Gasteiger partial charge in [-0.1, -0.05) is 30.3 Å². The van der Waals surface area contributed by atoms with Crippen molar-refractivity contribution in [2.45, 2.75) is 33.2 Å². The molecule has 1 amide bonds. The van der Waals surface area contributed by atoms with E-state index in [9.17, 15) is 4.79 Å². The summed E-state index contributed by atoms with van der Waals surface area (Å²) >= 11 is 0. The Kier molecular flexibility index (Phi) is 6.29. The van der Waals surface area contributed by atoms with E-state index in [1.165, 1.54) is 22.4 Å². The van der Waals surface area contributed by atoms with Gasteiger partial charge in [-0.15, -0.1) is 0 Å². The monoisotopic (exact) mass is 352 g/mol. The molecule has 1 aliphatic rings. The van der Waals surface area contributed by atoms with Crippen LogP contribution in [0, 0.1) is 13.8 Å². The van der Waals surface area contributed by atoms with Gasteiger partial charge in [-0.3, -0.25) is 4.79 Å². The summed E-state index contributed by atoms with van der Waals surface area (Å²) in [4.78, 5) is 14.5. The number of carbonyl (C=O) groups is 1. The number of morpholine rings is 1. The number of aryl methyl sites for hydroxylation is 3. The fraction of sp³-hybridized carbons (Fsp3) is 0.409. The minimum absolute atomic E-state index is 0.0977. The first kappa shape index (κ1) is 18.5. The molecular formula is C22H28N2O2. The van der Waals surface area contributed by atoms with Crippen LogP contribution in [-0.4, -0.2) is 32.2 Å². The number of ether oxygens (including phenoxy) is 1. The predicted molar refractivity (Wildman–Crippen MR) is 106 cm³/mol. The Morgan fingerprint density at radius 2 is 1.69 bits per heavy atom. The van der Waals surface area contributed by atoms with Crippen molar-refractivity contribution in [2.24, 2.45) is 0 Å². The lowest BCUT2D eigenvalue weighted by molar-refractivity contribution is -0.121. The number of hydrogen-bond donors (Lipinski definition) is 1. The molecule has 138 valence electrons. The maximum atomic E-state index is 12.1. The number of anilines is 1. The van der Waals surface area contributed by atoms with Crippen LogP contribution in [0.3, 0.4) is 0 Å². The van der Waals surface area contributed by atoms with Crippen LogP contribution >= 0.6 is 0 Å². The maximum absolute atomic E-state index is 12.1. The van der Waals surface area contributed by atoms with Crippen molar-refractivity contribution < 1.29 is 9.53 Å². The smallest absolute Gasteiger partial charge is 0.220 e. The molecule has 0 spiro atoms. The number of amides is 1. The molecule has 1 fully saturated rings. The summed E-state index contributed by atoms with van der Waals surface area (Å²) in [6, 6.07) is 14.8. The third-order valence-electron chi connectivity index (χ3n) is 5.01. The van der Waals surface area contributed by atoms with Gasteiger partial charge in [0, 0.05) is 31.7 Å². The highest BCUT2D eigenvalue weighted by Crippen LogP contribution is 2.16. The molecule has 0 aromatic heterocycles. The molecule has 0 bridgehead atoms. The van der Waals surface area contributed by atoms with E-state index in [-0.39, 0.29) is 5.91 Å². The van der Waals surface area contributed by atoms with Gasteiger partial charge in [-0.05, 0) is 54.7 Å². The second-order valence-electron chi connectivity index (χ2n) is 6.96. The zero-order chi connectivity index (χ0) is 18.4. The van der Waals surface area contributed by atoms with Gasteiger partial charge in [0.25, 0.3) is 0 Å². The van der Waals surface area contributed by atoms with Crippen LogP contribution in [0.1, 0.15) is 28.7 Å². The Morgan fingerprint density at radius 3 is 2.38 bits per heavy atom. The van der Waals surface area contributed by atoms with Gasteiger partial charge >= 0.3 is 0 Å². The van der Waals surface area contributed by atoms with E-state index < -0.39 is 0 Å². The molecule has 0 radical (unpaired) electrons. The molecule has 4 nitrogen and oxygen atoms in total. The molecule has 0 saturated carbocycles. The van der Waals surface area contributed by atoms with Gasteiger partial charge in [-0.25, -0.2) is 0 Å². The average molecular weight is 352 g/mol. The first-order chi connectivity index (χ1) is 12.6. The zero-order valence-electron chi connectivity index (χ0n) is 15.8. The van der Waals surface area contributed by atoms with Crippen LogP contribution in [-0.2, 0) is 22.5 Å². The van der Waals surface area contributed by atoms with Gasteiger partial charge in [-0.2, -0.15) is 0 Å². The van der Waals surface area contributed by atoms with E-state index >= 15 is 0 Å². The molecule has 1 heterocycles. The molecule has 2 aromatic rings. The Labute approximate surface area is 156 Å². The van der Waals surface area contributed by atoms with E-state index in [2.05, 4.69) is 66.5 Å². The van der Waals surface area contributed by atoms with E-state index in [0.717, 1.165) is 38.3 Å². The Balaban J connectivity index is 1.44. The van der Waals surface area contributed by atoms with E-state index in [1.54, 1.807) is 0 Å². The summed E-state index contributed by atoms with van der Waals surface area (Å²) in [6.45, 7) is 8.25. The number of carbonyl (C=O) groups excluding carboxylic acids is 1. The zero-order valence-corrected chi connectivity index (χ0v) is 15.8. The predicted octanol–water partition coefficient (Wildman–Crippen LogP) is 3.39. The number of hydrogen-bond acceptors (Lipinski definition) is 3. The van der Waals surface area contributed by atoms with Crippen molar-refractivity contribution >= 4 is 11.6 Å². The molecule has 1 aliphatic heterocycles. The number of nitrogens with one attached hydrogen (secondary N) is 1. The highest BCUT2D eigenvalue weighted by atomic mass is 16.5.